The third-order valence-electron chi connectivity index (χ3n) is 1.74. The third kappa shape index (κ3) is 1.45. The number of aliphatic hydroxyl groups is 1. The minimum absolute atomic E-state index is 0.0789. The van der Waals surface area contributed by atoms with Crippen LogP contribution in [0.3, 0.4) is 0 Å². The molecule has 0 saturated heterocycles. The van der Waals surface area contributed by atoms with Gasteiger partial charge in [-0.3, -0.25) is 0 Å². The summed E-state index contributed by atoms with van der Waals surface area (Å²) >= 11 is 9.27. The van der Waals surface area contributed by atoms with Crippen LogP contribution in [-0.2, 0) is 6.61 Å². The van der Waals surface area contributed by atoms with Gasteiger partial charge in [-0.2, -0.15) is 5.10 Å². The molecule has 0 aliphatic carbocycles. The molecule has 2 aromatic rings. The lowest BCUT2D eigenvalue weighted by Crippen LogP contribution is -1.90. The highest BCUT2D eigenvalue weighted by Crippen LogP contribution is 2.22. The van der Waals surface area contributed by atoms with E-state index in [-0.39, 0.29) is 6.61 Å². The first kappa shape index (κ1) is 8.99. The quantitative estimate of drug-likeness (QED) is 0.800. The Morgan fingerprint density at radius 2 is 2.31 bits per heavy atom. The Morgan fingerprint density at radius 1 is 1.54 bits per heavy atom. The minimum Gasteiger partial charge on any atom is -0.390 e. The topological polar surface area (TPSA) is 37.5 Å². The van der Waals surface area contributed by atoms with E-state index in [1.54, 1.807) is 16.6 Å². The fourth-order valence-corrected chi connectivity index (χ4v) is 1.74. The van der Waals surface area contributed by atoms with Gasteiger partial charge in [0.1, 0.15) is 4.60 Å². The maximum absolute atomic E-state index is 8.89. The molecule has 0 bridgehead atoms. The molecule has 13 heavy (non-hydrogen) atoms. The second-order valence-electron chi connectivity index (χ2n) is 2.59. The monoisotopic (exact) mass is 260 g/mol. The fourth-order valence-electron chi connectivity index (χ4n) is 1.14. The van der Waals surface area contributed by atoms with Crippen molar-refractivity contribution in [2.75, 3.05) is 0 Å². The van der Waals surface area contributed by atoms with Crippen LogP contribution in [0.25, 0.3) is 5.52 Å². The van der Waals surface area contributed by atoms with Crippen molar-refractivity contribution < 1.29 is 5.11 Å². The van der Waals surface area contributed by atoms with Crippen molar-refractivity contribution in [3.8, 4) is 0 Å². The number of aliphatic hydroxyl groups excluding tert-OH is 1. The van der Waals surface area contributed by atoms with Crippen molar-refractivity contribution in [3.05, 3.63) is 33.5 Å². The summed E-state index contributed by atoms with van der Waals surface area (Å²) in [5.74, 6) is 0. The molecule has 5 heteroatoms. The lowest BCUT2D eigenvalue weighted by molar-refractivity contribution is 0.276. The van der Waals surface area contributed by atoms with E-state index in [2.05, 4.69) is 21.0 Å². The number of pyridine rings is 1. The Hall–Kier alpha value is -0.580. The summed E-state index contributed by atoms with van der Waals surface area (Å²) in [6.45, 7) is -0.0789. The van der Waals surface area contributed by atoms with Crippen LogP contribution >= 0.6 is 27.5 Å². The number of halogens is 2. The zero-order chi connectivity index (χ0) is 9.42. The third-order valence-corrected chi connectivity index (χ3v) is 2.66. The fraction of sp³-hybridized carbons (Fsp3) is 0.125. The first-order chi connectivity index (χ1) is 6.22. The highest BCUT2D eigenvalue weighted by Gasteiger charge is 2.06. The molecule has 2 rings (SSSR count). The molecule has 1 N–H and O–H groups in total. The van der Waals surface area contributed by atoms with E-state index in [0.717, 1.165) is 10.1 Å². The normalized spacial score (nSPS) is 11.0. The molecule has 0 amide bonds. The van der Waals surface area contributed by atoms with Crippen LogP contribution in [0.2, 0.25) is 5.02 Å². The molecule has 2 heterocycles. The van der Waals surface area contributed by atoms with Gasteiger partial charge < -0.3 is 5.11 Å². The number of hydrogen-bond donors (Lipinski definition) is 1. The van der Waals surface area contributed by atoms with Crippen molar-refractivity contribution in [2.24, 2.45) is 0 Å². The van der Waals surface area contributed by atoms with Gasteiger partial charge in [0.15, 0.2) is 0 Å². The molecule has 2 aromatic heterocycles. The van der Waals surface area contributed by atoms with Gasteiger partial charge in [-0.25, -0.2) is 4.52 Å². The average Bonchev–Trinajstić information content (AvgIpc) is 2.56. The summed E-state index contributed by atoms with van der Waals surface area (Å²) in [4.78, 5) is 0. The molecule has 0 unspecified atom stereocenters. The Bertz CT molecular complexity index is 416. The van der Waals surface area contributed by atoms with Gasteiger partial charge in [0.2, 0.25) is 0 Å². The average molecular weight is 262 g/mol. The molecular weight excluding hydrogens is 255 g/mol. The van der Waals surface area contributed by atoms with Crippen molar-refractivity contribution in [1.29, 1.82) is 0 Å². The first-order valence-electron chi connectivity index (χ1n) is 3.66. The van der Waals surface area contributed by atoms with Crippen LogP contribution in [0.1, 0.15) is 5.69 Å². The van der Waals surface area contributed by atoms with Gasteiger partial charge >= 0.3 is 0 Å². The summed E-state index contributed by atoms with van der Waals surface area (Å²) in [5.41, 5.74) is 1.40. The van der Waals surface area contributed by atoms with Crippen molar-refractivity contribution in [1.82, 2.24) is 9.61 Å². The summed E-state index contributed by atoms with van der Waals surface area (Å²) in [5, 5.41) is 13.6. The van der Waals surface area contributed by atoms with Crippen molar-refractivity contribution in [3.63, 3.8) is 0 Å². The van der Waals surface area contributed by atoms with E-state index < -0.39 is 0 Å². The van der Waals surface area contributed by atoms with E-state index in [1.165, 1.54) is 0 Å². The van der Waals surface area contributed by atoms with Crippen LogP contribution in [-0.4, -0.2) is 14.7 Å². The van der Waals surface area contributed by atoms with E-state index in [0.29, 0.717) is 10.7 Å². The SMILES string of the molecule is OCc1cc2c(Cl)ccc(Br)n2n1. The first-order valence-corrected chi connectivity index (χ1v) is 4.83. The van der Waals surface area contributed by atoms with Crippen LogP contribution in [0, 0.1) is 0 Å². The summed E-state index contributed by atoms with van der Waals surface area (Å²) in [6.07, 6.45) is 0. The standard InChI is InChI=1S/C8H6BrClN2O/c9-8-2-1-6(10)7-3-5(4-13)11-12(7)8/h1-3,13H,4H2. The van der Waals surface area contributed by atoms with Crippen LogP contribution in [0.15, 0.2) is 22.8 Å². The van der Waals surface area contributed by atoms with E-state index in [1.807, 2.05) is 6.07 Å². The van der Waals surface area contributed by atoms with Gasteiger partial charge in [-0.15, -0.1) is 0 Å². The van der Waals surface area contributed by atoms with Crippen LogP contribution in [0.5, 0.6) is 0 Å². The van der Waals surface area contributed by atoms with Crippen LogP contribution < -0.4 is 0 Å². The minimum atomic E-state index is -0.0789. The maximum Gasteiger partial charge on any atom is 0.108 e. The number of nitrogens with zero attached hydrogens (tertiary/aromatic N) is 2. The number of rotatable bonds is 1. The molecule has 0 aliphatic heterocycles. The summed E-state index contributed by atoms with van der Waals surface area (Å²) in [7, 11) is 0. The van der Waals surface area contributed by atoms with Gasteiger partial charge in [-0.05, 0) is 34.1 Å². The molecule has 0 radical (unpaired) electrons. The second kappa shape index (κ2) is 3.29. The molecule has 0 fully saturated rings. The molecule has 0 aliphatic rings. The summed E-state index contributed by atoms with van der Waals surface area (Å²) < 4.78 is 2.46. The molecule has 3 nitrogen and oxygen atoms in total. The van der Waals surface area contributed by atoms with E-state index in [4.69, 9.17) is 16.7 Å². The zero-order valence-corrected chi connectivity index (χ0v) is 8.88. The lowest BCUT2D eigenvalue weighted by atomic mass is 10.3. The Balaban J connectivity index is 2.80. The second-order valence-corrected chi connectivity index (χ2v) is 3.81. The van der Waals surface area contributed by atoms with E-state index >= 15 is 0 Å². The molecule has 0 aromatic carbocycles. The van der Waals surface area contributed by atoms with Gasteiger partial charge in [-0.1, -0.05) is 11.6 Å². The van der Waals surface area contributed by atoms with Crippen molar-refractivity contribution in [2.45, 2.75) is 6.61 Å². The van der Waals surface area contributed by atoms with Crippen LogP contribution in [0.4, 0.5) is 0 Å². The Labute approximate surface area is 88.1 Å². The molecule has 0 saturated carbocycles. The maximum atomic E-state index is 8.89. The Kier molecular flexibility index (Phi) is 2.27. The predicted octanol–water partition coefficient (Wildman–Crippen LogP) is 2.24. The molecule has 68 valence electrons. The van der Waals surface area contributed by atoms with Gasteiger partial charge in [0.25, 0.3) is 0 Å². The summed E-state index contributed by atoms with van der Waals surface area (Å²) in [6, 6.07) is 5.35. The largest absolute Gasteiger partial charge is 0.390 e. The highest BCUT2D eigenvalue weighted by molar-refractivity contribution is 9.10. The lowest BCUT2D eigenvalue weighted by Gasteiger charge is -1.97. The Morgan fingerprint density at radius 3 is 2.92 bits per heavy atom. The predicted molar refractivity (Wildman–Crippen MR) is 53.8 cm³/mol. The van der Waals surface area contributed by atoms with Gasteiger partial charge in [0, 0.05) is 0 Å². The zero-order valence-electron chi connectivity index (χ0n) is 6.54. The number of hydrogen-bond acceptors (Lipinski definition) is 2. The molecular formula is C8H6BrClN2O. The molecule has 0 atom stereocenters. The number of aromatic nitrogens is 2. The molecule has 0 spiro atoms. The smallest absolute Gasteiger partial charge is 0.108 e. The van der Waals surface area contributed by atoms with E-state index in [9.17, 15) is 0 Å². The van der Waals surface area contributed by atoms with Crippen molar-refractivity contribution >= 4 is 33.0 Å². The number of fused-ring (bicyclic) bond motifs is 1. The highest BCUT2D eigenvalue weighted by atomic mass is 79.9. The van der Waals surface area contributed by atoms with Gasteiger partial charge in [0.05, 0.1) is 22.8 Å².